The first-order valence-electron chi connectivity index (χ1n) is 7.50. The van der Waals surface area contributed by atoms with Crippen molar-refractivity contribution in [3.05, 3.63) is 71.7 Å². The number of fused-ring (bicyclic) bond motifs is 1. The lowest BCUT2D eigenvalue weighted by Crippen LogP contribution is -2.40. The number of oxazole rings is 1. The van der Waals surface area contributed by atoms with E-state index in [0.29, 0.717) is 24.5 Å². The predicted octanol–water partition coefficient (Wildman–Crippen LogP) is 2.42. The Bertz CT molecular complexity index is 838. The average Bonchev–Trinajstić information content (AvgIpc) is 3.24. The minimum atomic E-state index is -0.108. The molecule has 0 bridgehead atoms. The van der Waals surface area contributed by atoms with Crippen molar-refractivity contribution in [3.8, 4) is 0 Å². The van der Waals surface area contributed by atoms with E-state index in [1.807, 2.05) is 29.1 Å². The fourth-order valence-corrected chi connectivity index (χ4v) is 3.09. The Hall–Kier alpha value is -2.89. The highest BCUT2D eigenvalue weighted by Crippen LogP contribution is 2.30. The van der Waals surface area contributed by atoms with Crippen molar-refractivity contribution in [1.82, 2.24) is 19.7 Å². The molecule has 0 radical (unpaired) electrons. The maximum atomic E-state index is 12.8. The van der Waals surface area contributed by atoms with E-state index in [0.717, 1.165) is 5.56 Å². The molecule has 0 aliphatic carbocycles. The minimum Gasteiger partial charge on any atom is -0.448 e. The zero-order valence-corrected chi connectivity index (χ0v) is 12.7. The number of benzene rings is 1. The highest BCUT2D eigenvalue weighted by Gasteiger charge is 2.31. The SMILES string of the molecule is Cc1ocnc1C(=O)N1Cc2ccccc2C(n2cccn2)C1. The third-order valence-electron chi connectivity index (χ3n) is 4.25. The Kier molecular flexibility index (Phi) is 3.22. The fourth-order valence-electron chi connectivity index (χ4n) is 3.09. The number of carbonyl (C=O) groups is 1. The number of aryl methyl sites for hydroxylation is 1. The van der Waals surface area contributed by atoms with E-state index in [4.69, 9.17) is 4.42 Å². The summed E-state index contributed by atoms with van der Waals surface area (Å²) in [5, 5.41) is 4.36. The molecule has 0 saturated heterocycles. The van der Waals surface area contributed by atoms with Gasteiger partial charge < -0.3 is 9.32 Å². The molecule has 1 unspecified atom stereocenters. The van der Waals surface area contributed by atoms with Gasteiger partial charge in [0.2, 0.25) is 0 Å². The van der Waals surface area contributed by atoms with Gasteiger partial charge in [0.15, 0.2) is 12.1 Å². The quantitative estimate of drug-likeness (QED) is 0.729. The molecule has 0 saturated carbocycles. The molecule has 1 amide bonds. The second kappa shape index (κ2) is 5.39. The zero-order valence-electron chi connectivity index (χ0n) is 12.7. The molecule has 0 fully saturated rings. The van der Waals surface area contributed by atoms with Gasteiger partial charge in [-0.15, -0.1) is 0 Å². The summed E-state index contributed by atoms with van der Waals surface area (Å²) < 4.78 is 7.07. The molecule has 0 spiro atoms. The molecular weight excluding hydrogens is 292 g/mol. The van der Waals surface area contributed by atoms with E-state index >= 15 is 0 Å². The number of amides is 1. The average molecular weight is 308 g/mol. The Balaban J connectivity index is 1.72. The van der Waals surface area contributed by atoms with Crippen LogP contribution in [0.3, 0.4) is 0 Å². The monoisotopic (exact) mass is 308 g/mol. The molecule has 116 valence electrons. The van der Waals surface area contributed by atoms with Crippen LogP contribution in [0.4, 0.5) is 0 Å². The van der Waals surface area contributed by atoms with Crippen LogP contribution in [0, 0.1) is 6.92 Å². The van der Waals surface area contributed by atoms with Crippen molar-refractivity contribution in [2.75, 3.05) is 6.54 Å². The molecule has 1 atom stereocenters. The molecule has 6 heteroatoms. The molecule has 3 heterocycles. The standard InChI is InChI=1S/C17H16N4O2/c1-12-16(18-11-23-12)17(22)20-9-13-5-2-3-6-14(13)15(10-20)21-8-4-7-19-21/h2-8,11,15H,9-10H2,1H3. The maximum absolute atomic E-state index is 12.8. The Morgan fingerprint density at radius 2 is 2.17 bits per heavy atom. The number of rotatable bonds is 2. The van der Waals surface area contributed by atoms with Crippen LogP contribution in [0.2, 0.25) is 0 Å². The summed E-state index contributed by atoms with van der Waals surface area (Å²) in [6.45, 7) is 2.88. The smallest absolute Gasteiger partial charge is 0.276 e. The summed E-state index contributed by atoms with van der Waals surface area (Å²) in [4.78, 5) is 18.6. The molecule has 2 aromatic heterocycles. The van der Waals surface area contributed by atoms with Gasteiger partial charge in [0, 0.05) is 25.5 Å². The second-order valence-electron chi connectivity index (χ2n) is 5.64. The molecule has 1 aliphatic heterocycles. The minimum absolute atomic E-state index is 0.00565. The molecule has 23 heavy (non-hydrogen) atoms. The van der Waals surface area contributed by atoms with Crippen LogP contribution >= 0.6 is 0 Å². The lowest BCUT2D eigenvalue weighted by atomic mass is 9.95. The second-order valence-corrected chi connectivity index (χ2v) is 5.64. The lowest BCUT2D eigenvalue weighted by molar-refractivity contribution is 0.0699. The highest BCUT2D eigenvalue weighted by atomic mass is 16.3. The number of carbonyl (C=O) groups excluding carboxylic acids is 1. The topological polar surface area (TPSA) is 64.2 Å². The molecule has 1 aliphatic rings. The van der Waals surface area contributed by atoms with Crippen molar-refractivity contribution >= 4 is 5.91 Å². The lowest BCUT2D eigenvalue weighted by Gasteiger charge is -2.34. The van der Waals surface area contributed by atoms with E-state index < -0.39 is 0 Å². The van der Waals surface area contributed by atoms with E-state index in [9.17, 15) is 4.79 Å². The van der Waals surface area contributed by atoms with E-state index in [2.05, 4.69) is 22.2 Å². The summed E-state index contributed by atoms with van der Waals surface area (Å²) in [5.41, 5.74) is 2.72. The first-order chi connectivity index (χ1) is 11.2. The van der Waals surface area contributed by atoms with Crippen molar-refractivity contribution in [3.63, 3.8) is 0 Å². The van der Waals surface area contributed by atoms with Crippen molar-refractivity contribution in [2.45, 2.75) is 19.5 Å². The van der Waals surface area contributed by atoms with Gasteiger partial charge in [0.25, 0.3) is 5.91 Å². The third kappa shape index (κ3) is 2.32. The Labute approximate surface area is 133 Å². The van der Waals surface area contributed by atoms with Crippen LogP contribution in [-0.4, -0.2) is 32.1 Å². The van der Waals surface area contributed by atoms with Crippen LogP contribution in [0.5, 0.6) is 0 Å². The number of hydrogen-bond donors (Lipinski definition) is 0. The molecule has 1 aromatic carbocycles. The molecule has 4 rings (SSSR count). The molecule has 0 N–H and O–H groups in total. The van der Waals surface area contributed by atoms with E-state index in [1.165, 1.54) is 12.0 Å². The normalized spacial score (nSPS) is 17.1. The zero-order chi connectivity index (χ0) is 15.8. The summed E-state index contributed by atoms with van der Waals surface area (Å²) in [7, 11) is 0. The summed E-state index contributed by atoms with van der Waals surface area (Å²) in [6, 6.07) is 10.1. The Morgan fingerprint density at radius 3 is 2.91 bits per heavy atom. The summed E-state index contributed by atoms with van der Waals surface area (Å²) in [5.74, 6) is 0.437. The van der Waals surface area contributed by atoms with Gasteiger partial charge >= 0.3 is 0 Å². The van der Waals surface area contributed by atoms with Crippen LogP contribution in [0.1, 0.15) is 33.4 Å². The molecular formula is C17H16N4O2. The van der Waals surface area contributed by atoms with Gasteiger partial charge in [-0.1, -0.05) is 24.3 Å². The van der Waals surface area contributed by atoms with Gasteiger partial charge in [0.1, 0.15) is 5.76 Å². The van der Waals surface area contributed by atoms with E-state index in [1.54, 1.807) is 18.0 Å². The Morgan fingerprint density at radius 1 is 1.30 bits per heavy atom. The van der Waals surface area contributed by atoms with Crippen LogP contribution < -0.4 is 0 Å². The number of aromatic nitrogens is 3. The molecule has 3 aromatic rings. The third-order valence-corrected chi connectivity index (χ3v) is 4.25. The highest BCUT2D eigenvalue weighted by molar-refractivity contribution is 5.93. The fraction of sp³-hybridized carbons (Fsp3) is 0.235. The van der Waals surface area contributed by atoms with Crippen molar-refractivity contribution < 1.29 is 9.21 Å². The number of hydrogen-bond acceptors (Lipinski definition) is 4. The van der Waals surface area contributed by atoms with Gasteiger partial charge in [-0.3, -0.25) is 9.48 Å². The van der Waals surface area contributed by atoms with Crippen molar-refractivity contribution in [1.29, 1.82) is 0 Å². The predicted molar refractivity (Wildman–Crippen MR) is 82.8 cm³/mol. The summed E-state index contributed by atoms with van der Waals surface area (Å²) >= 11 is 0. The number of nitrogens with zero attached hydrogens (tertiary/aromatic N) is 4. The maximum Gasteiger partial charge on any atom is 0.276 e. The van der Waals surface area contributed by atoms with Gasteiger partial charge in [0.05, 0.1) is 6.04 Å². The van der Waals surface area contributed by atoms with E-state index in [-0.39, 0.29) is 11.9 Å². The van der Waals surface area contributed by atoms with Crippen LogP contribution in [0.25, 0.3) is 0 Å². The van der Waals surface area contributed by atoms with Gasteiger partial charge in [-0.05, 0) is 24.1 Å². The largest absolute Gasteiger partial charge is 0.448 e. The van der Waals surface area contributed by atoms with Gasteiger partial charge in [-0.25, -0.2) is 4.98 Å². The van der Waals surface area contributed by atoms with Gasteiger partial charge in [-0.2, -0.15) is 5.10 Å². The van der Waals surface area contributed by atoms with Crippen molar-refractivity contribution in [2.24, 2.45) is 0 Å². The first kappa shape index (κ1) is 13.8. The summed E-state index contributed by atoms with van der Waals surface area (Å²) in [6.07, 6.45) is 4.99. The van der Waals surface area contributed by atoms with Crippen LogP contribution in [0.15, 0.2) is 53.5 Å². The first-order valence-corrected chi connectivity index (χ1v) is 7.50. The molecule has 6 nitrogen and oxygen atoms in total. The van der Waals surface area contributed by atoms with Crippen LogP contribution in [-0.2, 0) is 6.54 Å².